The molecule has 0 aliphatic carbocycles. The van der Waals surface area contributed by atoms with E-state index in [1.54, 1.807) is 30.3 Å². The zero-order valence-electron chi connectivity index (χ0n) is 15.8. The molecule has 1 atom stereocenters. The van der Waals surface area contributed by atoms with Crippen molar-refractivity contribution in [1.82, 2.24) is 4.90 Å². The summed E-state index contributed by atoms with van der Waals surface area (Å²) in [4.78, 5) is 41.3. The van der Waals surface area contributed by atoms with Gasteiger partial charge in [0, 0.05) is 24.4 Å². The van der Waals surface area contributed by atoms with Crippen molar-refractivity contribution >= 4 is 39.4 Å². The average Bonchev–Trinajstić information content (AvgIpc) is 3.08. The first-order chi connectivity index (χ1) is 13.9. The number of halogens is 1. The van der Waals surface area contributed by atoms with Gasteiger partial charge in [-0.1, -0.05) is 34.1 Å². The first-order valence-electron chi connectivity index (χ1n) is 9.21. The van der Waals surface area contributed by atoms with E-state index >= 15 is 0 Å². The highest BCUT2D eigenvalue weighted by atomic mass is 79.9. The standard InChI is InChI=1S/C21H19BrN2O5/c1-23-19(26)16-7-2-3-8-17(16)24-18(25)9-10-21(23,24)20(27)29-12-11-28-15-6-4-5-14(22)13-15/h2-8,13H,9-12H2,1H3. The number of rotatable bonds is 5. The molecule has 29 heavy (non-hydrogen) atoms. The summed E-state index contributed by atoms with van der Waals surface area (Å²) < 4.78 is 11.9. The molecule has 1 saturated heterocycles. The van der Waals surface area contributed by atoms with Crippen LogP contribution in [0.15, 0.2) is 53.0 Å². The molecular weight excluding hydrogens is 440 g/mol. The van der Waals surface area contributed by atoms with Crippen molar-refractivity contribution in [1.29, 1.82) is 0 Å². The quantitative estimate of drug-likeness (QED) is 0.508. The van der Waals surface area contributed by atoms with Crippen molar-refractivity contribution in [2.75, 3.05) is 25.2 Å². The molecular formula is C21H19BrN2O5. The molecule has 0 N–H and O–H groups in total. The molecule has 2 heterocycles. The fourth-order valence-electron chi connectivity index (χ4n) is 3.86. The van der Waals surface area contributed by atoms with Crippen molar-refractivity contribution in [3.05, 3.63) is 58.6 Å². The second-order valence-corrected chi connectivity index (χ2v) is 7.78. The van der Waals surface area contributed by atoms with Crippen LogP contribution in [0.3, 0.4) is 0 Å². The molecule has 0 radical (unpaired) electrons. The zero-order chi connectivity index (χ0) is 20.6. The van der Waals surface area contributed by atoms with E-state index in [0.29, 0.717) is 17.0 Å². The number of anilines is 1. The average molecular weight is 459 g/mol. The number of hydrogen-bond donors (Lipinski definition) is 0. The molecule has 0 saturated carbocycles. The molecule has 1 unspecified atom stereocenters. The predicted molar refractivity (Wildman–Crippen MR) is 109 cm³/mol. The molecule has 7 nitrogen and oxygen atoms in total. The number of esters is 1. The van der Waals surface area contributed by atoms with Gasteiger partial charge in [-0.3, -0.25) is 14.5 Å². The largest absolute Gasteiger partial charge is 0.490 e. The maximum atomic E-state index is 13.1. The lowest BCUT2D eigenvalue weighted by Gasteiger charge is -2.46. The third-order valence-electron chi connectivity index (χ3n) is 5.25. The summed E-state index contributed by atoms with van der Waals surface area (Å²) in [5, 5.41) is 0. The van der Waals surface area contributed by atoms with Gasteiger partial charge in [-0.25, -0.2) is 4.79 Å². The maximum absolute atomic E-state index is 13.1. The molecule has 0 aromatic heterocycles. The zero-order valence-corrected chi connectivity index (χ0v) is 17.3. The number of hydrogen-bond acceptors (Lipinski definition) is 5. The normalized spacial score (nSPS) is 20.3. The van der Waals surface area contributed by atoms with Gasteiger partial charge in [0.15, 0.2) is 0 Å². The molecule has 2 aromatic rings. The van der Waals surface area contributed by atoms with E-state index in [1.807, 2.05) is 18.2 Å². The van der Waals surface area contributed by atoms with Crippen LogP contribution in [0.1, 0.15) is 23.2 Å². The van der Waals surface area contributed by atoms with Crippen LogP contribution in [-0.4, -0.2) is 48.6 Å². The van der Waals surface area contributed by atoms with Crippen molar-refractivity contribution in [2.45, 2.75) is 18.5 Å². The van der Waals surface area contributed by atoms with Crippen LogP contribution in [0.5, 0.6) is 5.75 Å². The minimum absolute atomic E-state index is 0.00119. The van der Waals surface area contributed by atoms with Crippen molar-refractivity contribution in [3.63, 3.8) is 0 Å². The number of carbonyl (C=O) groups excluding carboxylic acids is 3. The maximum Gasteiger partial charge on any atom is 0.353 e. The summed E-state index contributed by atoms with van der Waals surface area (Å²) in [7, 11) is 1.53. The Morgan fingerprint density at radius 1 is 1.14 bits per heavy atom. The number of para-hydroxylation sites is 1. The van der Waals surface area contributed by atoms with Gasteiger partial charge in [0.1, 0.15) is 19.0 Å². The predicted octanol–water partition coefficient (Wildman–Crippen LogP) is 2.98. The van der Waals surface area contributed by atoms with Crippen LogP contribution >= 0.6 is 15.9 Å². The summed E-state index contributed by atoms with van der Waals surface area (Å²) in [5.41, 5.74) is -0.620. The summed E-state index contributed by atoms with van der Waals surface area (Å²) in [6.07, 6.45) is 0.351. The van der Waals surface area contributed by atoms with Crippen molar-refractivity contribution < 1.29 is 23.9 Å². The molecule has 0 bridgehead atoms. The monoisotopic (exact) mass is 458 g/mol. The van der Waals surface area contributed by atoms with Gasteiger partial charge in [0.25, 0.3) is 5.91 Å². The second kappa shape index (κ2) is 7.51. The van der Waals surface area contributed by atoms with Crippen molar-refractivity contribution in [2.24, 2.45) is 0 Å². The van der Waals surface area contributed by atoms with Gasteiger partial charge < -0.3 is 14.4 Å². The molecule has 1 fully saturated rings. The van der Waals surface area contributed by atoms with E-state index in [4.69, 9.17) is 9.47 Å². The van der Waals surface area contributed by atoms with E-state index < -0.39 is 11.6 Å². The molecule has 150 valence electrons. The van der Waals surface area contributed by atoms with Gasteiger partial charge in [0.2, 0.25) is 11.6 Å². The van der Waals surface area contributed by atoms with Gasteiger partial charge >= 0.3 is 5.97 Å². The first-order valence-corrected chi connectivity index (χ1v) is 10.0. The van der Waals surface area contributed by atoms with Crippen LogP contribution in [0.4, 0.5) is 5.69 Å². The highest BCUT2D eigenvalue weighted by Crippen LogP contribution is 2.44. The summed E-state index contributed by atoms with van der Waals surface area (Å²) in [6.45, 7) is 0.152. The number of ether oxygens (including phenoxy) is 2. The Hall–Kier alpha value is -2.87. The summed E-state index contributed by atoms with van der Waals surface area (Å²) >= 11 is 3.37. The smallest absolute Gasteiger partial charge is 0.353 e. The number of fused-ring (bicyclic) bond motifs is 3. The van der Waals surface area contributed by atoms with Crippen LogP contribution in [-0.2, 0) is 14.3 Å². The molecule has 8 heteroatoms. The number of nitrogens with zero attached hydrogens (tertiary/aromatic N) is 2. The third kappa shape index (κ3) is 3.17. The lowest BCUT2D eigenvalue weighted by molar-refractivity contribution is -0.157. The van der Waals surface area contributed by atoms with Crippen LogP contribution in [0.2, 0.25) is 0 Å². The summed E-state index contributed by atoms with van der Waals surface area (Å²) in [5.74, 6) is -0.510. The first kappa shape index (κ1) is 19.4. The number of benzene rings is 2. The van der Waals surface area contributed by atoms with Crippen LogP contribution < -0.4 is 9.64 Å². The van der Waals surface area contributed by atoms with E-state index in [0.717, 1.165) is 4.47 Å². The van der Waals surface area contributed by atoms with E-state index in [9.17, 15) is 14.4 Å². The molecule has 2 amide bonds. The topological polar surface area (TPSA) is 76.2 Å². The highest BCUT2D eigenvalue weighted by Gasteiger charge is 2.60. The Kier molecular flexibility index (Phi) is 5.04. The number of amides is 2. The van der Waals surface area contributed by atoms with Crippen LogP contribution in [0, 0.1) is 0 Å². The second-order valence-electron chi connectivity index (χ2n) is 6.87. The lowest BCUT2D eigenvalue weighted by atomic mass is 9.97. The Morgan fingerprint density at radius 2 is 1.93 bits per heavy atom. The number of carbonyl (C=O) groups is 3. The fraction of sp³-hybridized carbons (Fsp3) is 0.286. The van der Waals surface area contributed by atoms with Gasteiger partial charge in [0.05, 0.1) is 11.3 Å². The molecule has 2 aliphatic heterocycles. The number of likely N-dealkylation sites (N-methyl/N-ethyl adjacent to an activating group) is 1. The Labute approximate surface area is 176 Å². The van der Waals surface area contributed by atoms with E-state index in [2.05, 4.69) is 15.9 Å². The van der Waals surface area contributed by atoms with Crippen molar-refractivity contribution in [3.8, 4) is 5.75 Å². The molecule has 2 aliphatic rings. The van der Waals surface area contributed by atoms with Gasteiger partial charge in [-0.2, -0.15) is 0 Å². The molecule has 0 spiro atoms. The highest BCUT2D eigenvalue weighted by molar-refractivity contribution is 9.10. The fourth-order valence-corrected chi connectivity index (χ4v) is 4.24. The summed E-state index contributed by atoms with van der Waals surface area (Å²) in [6, 6.07) is 14.1. The lowest BCUT2D eigenvalue weighted by Crippen LogP contribution is -2.67. The van der Waals surface area contributed by atoms with Gasteiger partial charge in [-0.15, -0.1) is 0 Å². The minimum atomic E-state index is -1.46. The van der Waals surface area contributed by atoms with Crippen LogP contribution in [0.25, 0.3) is 0 Å². The Balaban J connectivity index is 1.52. The SMILES string of the molecule is CN1C(=O)c2ccccc2N2C(=O)CCC12C(=O)OCCOc1cccc(Br)c1. The third-order valence-corrected chi connectivity index (χ3v) is 5.74. The Bertz CT molecular complexity index is 995. The minimum Gasteiger partial charge on any atom is -0.490 e. The molecule has 2 aromatic carbocycles. The molecule has 4 rings (SSSR count). The van der Waals surface area contributed by atoms with Gasteiger partial charge in [-0.05, 0) is 30.3 Å². The van der Waals surface area contributed by atoms with E-state index in [-0.39, 0.29) is 37.9 Å². The van der Waals surface area contributed by atoms with E-state index in [1.165, 1.54) is 16.8 Å². The Morgan fingerprint density at radius 3 is 2.72 bits per heavy atom.